The van der Waals surface area contributed by atoms with E-state index in [9.17, 15) is 0 Å². The summed E-state index contributed by atoms with van der Waals surface area (Å²) in [5.41, 5.74) is 0. The lowest BCUT2D eigenvalue weighted by Crippen LogP contribution is -2.39. The van der Waals surface area contributed by atoms with E-state index in [1.54, 1.807) is 0 Å². The Labute approximate surface area is 102 Å². The summed E-state index contributed by atoms with van der Waals surface area (Å²) in [6.45, 7) is 11.7. The van der Waals surface area contributed by atoms with Gasteiger partial charge in [-0.05, 0) is 38.3 Å². The molecule has 2 atom stereocenters. The Morgan fingerprint density at radius 2 is 1.94 bits per heavy atom. The number of nitrogens with zero attached hydrogens (tertiary/aromatic N) is 1. The molecule has 2 unspecified atom stereocenters. The first-order valence-electron chi connectivity index (χ1n) is 7.27. The summed E-state index contributed by atoms with van der Waals surface area (Å²) in [6.07, 6.45) is 6.90. The Hall–Kier alpha value is -0.0800. The van der Waals surface area contributed by atoms with E-state index in [1.165, 1.54) is 58.3 Å². The van der Waals surface area contributed by atoms with Crippen molar-refractivity contribution < 1.29 is 0 Å². The molecule has 0 bridgehead atoms. The van der Waals surface area contributed by atoms with Gasteiger partial charge in [-0.2, -0.15) is 0 Å². The highest BCUT2D eigenvalue weighted by Gasteiger charge is 2.24. The molecule has 0 amide bonds. The normalized spacial score (nSPS) is 25.5. The zero-order valence-corrected chi connectivity index (χ0v) is 11.5. The Balaban J connectivity index is 2.13. The largest absolute Gasteiger partial charge is 0.312 e. The van der Waals surface area contributed by atoms with E-state index in [0.717, 1.165) is 12.0 Å². The van der Waals surface area contributed by atoms with Crippen LogP contribution < -0.4 is 5.32 Å². The van der Waals surface area contributed by atoms with Gasteiger partial charge in [0, 0.05) is 19.1 Å². The van der Waals surface area contributed by atoms with Crippen molar-refractivity contribution >= 4 is 0 Å². The van der Waals surface area contributed by atoms with Gasteiger partial charge in [-0.25, -0.2) is 0 Å². The Morgan fingerprint density at radius 1 is 1.12 bits per heavy atom. The second-order valence-corrected chi connectivity index (χ2v) is 5.09. The Bertz CT molecular complexity index is 170. The number of hydrogen-bond acceptors (Lipinski definition) is 2. The molecular formula is C14H30N2. The summed E-state index contributed by atoms with van der Waals surface area (Å²) in [4.78, 5) is 2.54. The van der Waals surface area contributed by atoms with Crippen molar-refractivity contribution in [2.75, 3.05) is 26.2 Å². The number of likely N-dealkylation sites (N-methyl/N-ethyl adjacent to an activating group) is 1. The van der Waals surface area contributed by atoms with Gasteiger partial charge in [0.15, 0.2) is 0 Å². The fourth-order valence-electron chi connectivity index (χ4n) is 2.95. The first-order valence-corrected chi connectivity index (χ1v) is 7.27. The molecule has 0 radical (unpaired) electrons. The van der Waals surface area contributed by atoms with E-state index in [0.29, 0.717) is 0 Å². The topological polar surface area (TPSA) is 15.3 Å². The van der Waals surface area contributed by atoms with Crippen LogP contribution in [0.2, 0.25) is 0 Å². The van der Waals surface area contributed by atoms with E-state index in [4.69, 9.17) is 0 Å². The van der Waals surface area contributed by atoms with Gasteiger partial charge in [0.05, 0.1) is 0 Å². The minimum absolute atomic E-state index is 0.810. The van der Waals surface area contributed by atoms with Gasteiger partial charge >= 0.3 is 0 Å². The lowest BCUT2D eigenvalue weighted by Gasteiger charge is -2.23. The van der Waals surface area contributed by atoms with Crippen LogP contribution in [0, 0.1) is 5.92 Å². The molecule has 0 aromatic rings. The molecule has 0 heterocycles. The van der Waals surface area contributed by atoms with Crippen molar-refractivity contribution in [3.63, 3.8) is 0 Å². The average Bonchev–Trinajstić information content (AvgIpc) is 2.75. The molecule has 0 aromatic heterocycles. The molecule has 16 heavy (non-hydrogen) atoms. The van der Waals surface area contributed by atoms with Gasteiger partial charge in [0.25, 0.3) is 0 Å². The maximum absolute atomic E-state index is 3.76. The van der Waals surface area contributed by atoms with Crippen molar-refractivity contribution in [2.24, 2.45) is 5.92 Å². The summed E-state index contributed by atoms with van der Waals surface area (Å²) in [7, 11) is 0. The van der Waals surface area contributed by atoms with E-state index >= 15 is 0 Å². The van der Waals surface area contributed by atoms with Gasteiger partial charge in [-0.1, -0.05) is 33.6 Å². The third kappa shape index (κ3) is 4.42. The maximum Gasteiger partial charge on any atom is 0.0107 e. The Morgan fingerprint density at radius 3 is 2.56 bits per heavy atom. The van der Waals surface area contributed by atoms with E-state index < -0.39 is 0 Å². The quantitative estimate of drug-likeness (QED) is 0.684. The number of nitrogens with one attached hydrogen (secondary N) is 1. The zero-order chi connectivity index (χ0) is 11.8. The lowest BCUT2D eigenvalue weighted by molar-refractivity contribution is 0.275. The van der Waals surface area contributed by atoms with Gasteiger partial charge in [-0.3, -0.25) is 0 Å². The summed E-state index contributed by atoms with van der Waals surface area (Å²) in [6, 6.07) is 0.810. The first-order chi connectivity index (χ1) is 7.81. The van der Waals surface area contributed by atoms with Crippen LogP contribution in [-0.4, -0.2) is 37.1 Å². The molecule has 1 rings (SSSR count). The molecule has 2 nitrogen and oxygen atoms in total. The van der Waals surface area contributed by atoms with E-state index in [1.807, 2.05) is 0 Å². The number of hydrogen-bond donors (Lipinski definition) is 1. The third-order valence-corrected chi connectivity index (χ3v) is 4.01. The van der Waals surface area contributed by atoms with Crippen LogP contribution in [0.1, 0.15) is 52.9 Å². The molecular weight excluding hydrogens is 196 g/mol. The van der Waals surface area contributed by atoms with Gasteiger partial charge in [0.1, 0.15) is 0 Å². The van der Waals surface area contributed by atoms with Gasteiger partial charge in [-0.15, -0.1) is 0 Å². The zero-order valence-electron chi connectivity index (χ0n) is 11.5. The first kappa shape index (κ1) is 14.0. The standard InChI is InChI=1S/C14H30N2/c1-4-11-16(6-3)12-10-15-14-9-7-8-13(14)5-2/h13-15H,4-12H2,1-3H3. The van der Waals surface area contributed by atoms with Crippen molar-refractivity contribution in [1.29, 1.82) is 0 Å². The van der Waals surface area contributed by atoms with E-state index in [2.05, 4.69) is 31.0 Å². The van der Waals surface area contributed by atoms with Crippen LogP contribution in [0.5, 0.6) is 0 Å². The molecule has 0 aromatic carbocycles. The second kappa shape index (κ2) is 8.08. The molecule has 1 N–H and O–H groups in total. The van der Waals surface area contributed by atoms with Crippen LogP contribution in [-0.2, 0) is 0 Å². The minimum atomic E-state index is 0.810. The molecule has 2 heteroatoms. The van der Waals surface area contributed by atoms with Crippen molar-refractivity contribution in [3.8, 4) is 0 Å². The van der Waals surface area contributed by atoms with Crippen LogP contribution >= 0.6 is 0 Å². The molecule has 0 saturated heterocycles. The average molecular weight is 226 g/mol. The van der Waals surface area contributed by atoms with Gasteiger partial charge in [0.2, 0.25) is 0 Å². The molecule has 0 spiro atoms. The third-order valence-electron chi connectivity index (χ3n) is 4.01. The Kier molecular flexibility index (Phi) is 7.06. The molecule has 96 valence electrons. The molecule has 1 aliphatic rings. The predicted molar refractivity (Wildman–Crippen MR) is 71.8 cm³/mol. The number of rotatable bonds is 8. The van der Waals surface area contributed by atoms with Crippen molar-refractivity contribution in [1.82, 2.24) is 10.2 Å². The smallest absolute Gasteiger partial charge is 0.0107 e. The molecule has 0 aliphatic heterocycles. The fraction of sp³-hybridized carbons (Fsp3) is 1.00. The lowest BCUT2D eigenvalue weighted by atomic mass is 10.0. The molecule has 1 saturated carbocycles. The van der Waals surface area contributed by atoms with Crippen LogP contribution in [0.4, 0.5) is 0 Å². The summed E-state index contributed by atoms with van der Waals surface area (Å²) < 4.78 is 0. The molecule has 1 fully saturated rings. The highest BCUT2D eigenvalue weighted by Crippen LogP contribution is 2.27. The minimum Gasteiger partial charge on any atom is -0.312 e. The van der Waals surface area contributed by atoms with Crippen LogP contribution in [0.15, 0.2) is 0 Å². The highest BCUT2D eigenvalue weighted by atomic mass is 15.1. The predicted octanol–water partition coefficient (Wildman–Crippen LogP) is 2.89. The molecule has 1 aliphatic carbocycles. The maximum atomic E-state index is 3.76. The van der Waals surface area contributed by atoms with Gasteiger partial charge < -0.3 is 10.2 Å². The van der Waals surface area contributed by atoms with Crippen molar-refractivity contribution in [3.05, 3.63) is 0 Å². The highest BCUT2D eigenvalue weighted by molar-refractivity contribution is 4.82. The second-order valence-electron chi connectivity index (χ2n) is 5.09. The SMILES string of the molecule is CCCN(CC)CCNC1CCCC1CC. The summed E-state index contributed by atoms with van der Waals surface area (Å²) >= 11 is 0. The van der Waals surface area contributed by atoms with Crippen LogP contribution in [0.3, 0.4) is 0 Å². The summed E-state index contributed by atoms with van der Waals surface area (Å²) in [5.74, 6) is 0.946. The fourth-order valence-corrected chi connectivity index (χ4v) is 2.95. The van der Waals surface area contributed by atoms with E-state index in [-0.39, 0.29) is 0 Å². The van der Waals surface area contributed by atoms with Crippen molar-refractivity contribution in [2.45, 2.75) is 58.9 Å². The monoisotopic (exact) mass is 226 g/mol. The summed E-state index contributed by atoms with van der Waals surface area (Å²) in [5, 5.41) is 3.76. The van der Waals surface area contributed by atoms with Crippen LogP contribution in [0.25, 0.3) is 0 Å².